The molecule has 0 aliphatic carbocycles. The number of likely N-dealkylation sites (tertiary alicyclic amines) is 1. The molecule has 0 bridgehead atoms. The Balaban J connectivity index is 1.67. The van der Waals surface area contributed by atoms with Crippen molar-refractivity contribution in [1.82, 2.24) is 14.8 Å². The van der Waals surface area contributed by atoms with Crippen LogP contribution in [0.1, 0.15) is 43.5 Å². The van der Waals surface area contributed by atoms with Crippen molar-refractivity contribution >= 4 is 29.0 Å². The average molecular weight is 440 g/mol. The molecule has 1 atom stereocenters. The first kappa shape index (κ1) is 22.4. The molecule has 2 aliphatic heterocycles. The van der Waals surface area contributed by atoms with E-state index in [0.29, 0.717) is 11.5 Å². The predicted molar refractivity (Wildman–Crippen MR) is 123 cm³/mol. The van der Waals surface area contributed by atoms with Crippen LogP contribution in [0.5, 0.6) is 0 Å². The molecular formula is C24H30FN5O2. The molecule has 1 aromatic heterocycles. The van der Waals surface area contributed by atoms with Gasteiger partial charge in [0, 0.05) is 18.8 Å². The largest absolute Gasteiger partial charge is 0.319 e. The summed E-state index contributed by atoms with van der Waals surface area (Å²) < 4.78 is 14.2. The topological polar surface area (TPSA) is 68.8 Å². The van der Waals surface area contributed by atoms with Gasteiger partial charge in [0.15, 0.2) is 5.82 Å². The van der Waals surface area contributed by atoms with Gasteiger partial charge in [0.2, 0.25) is 5.91 Å². The van der Waals surface area contributed by atoms with E-state index in [1.807, 2.05) is 0 Å². The molecule has 0 spiro atoms. The van der Waals surface area contributed by atoms with E-state index >= 15 is 0 Å². The second-order valence-corrected chi connectivity index (χ2v) is 8.33. The summed E-state index contributed by atoms with van der Waals surface area (Å²) in [5.41, 5.74) is 0.902. The SMILES string of the molecule is CCN(CC)CC1CCCCN1CC(=O)N1c2cc(F)ccc2C(=O)Nc2cccnc21. The number of amides is 2. The summed E-state index contributed by atoms with van der Waals surface area (Å²) in [7, 11) is 0. The number of aromatic nitrogens is 1. The maximum atomic E-state index is 14.2. The van der Waals surface area contributed by atoms with Crippen LogP contribution >= 0.6 is 0 Å². The van der Waals surface area contributed by atoms with Gasteiger partial charge in [-0.25, -0.2) is 9.37 Å². The molecule has 32 heavy (non-hydrogen) atoms. The fourth-order valence-corrected chi connectivity index (χ4v) is 4.61. The Morgan fingerprint density at radius 2 is 2.06 bits per heavy atom. The molecule has 2 amide bonds. The van der Waals surface area contributed by atoms with Crippen LogP contribution in [0.25, 0.3) is 0 Å². The lowest BCUT2D eigenvalue weighted by Gasteiger charge is -2.38. The first-order valence-electron chi connectivity index (χ1n) is 11.4. The van der Waals surface area contributed by atoms with E-state index in [2.05, 4.69) is 33.9 Å². The third kappa shape index (κ3) is 4.52. The Kier molecular flexibility index (Phi) is 6.81. The van der Waals surface area contributed by atoms with Gasteiger partial charge in [-0.15, -0.1) is 0 Å². The van der Waals surface area contributed by atoms with Gasteiger partial charge in [-0.2, -0.15) is 0 Å². The Labute approximate surface area is 188 Å². The molecule has 1 N–H and O–H groups in total. The minimum atomic E-state index is -0.508. The van der Waals surface area contributed by atoms with Gasteiger partial charge in [0.05, 0.1) is 23.5 Å². The third-order valence-electron chi connectivity index (χ3n) is 6.39. The number of rotatable bonds is 6. The summed E-state index contributed by atoms with van der Waals surface area (Å²) in [6, 6.07) is 7.57. The van der Waals surface area contributed by atoms with Gasteiger partial charge < -0.3 is 10.2 Å². The summed E-state index contributed by atoms with van der Waals surface area (Å²) in [6.07, 6.45) is 4.81. The van der Waals surface area contributed by atoms with Crippen LogP contribution in [0.15, 0.2) is 36.5 Å². The van der Waals surface area contributed by atoms with E-state index in [1.54, 1.807) is 18.3 Å². The zero-order chi connectivity index (χ0) is 22.7. The Bertz CT molecular complexity index is 994. The average Bonchev–Trinajstić information content (AvgIpc) is 2.91. The monoisotopic (exact) mass is 439 g/mol. The fraction of sp³-hybridized carbons (Fsp3) is 0.458. The molecule has 170 valence electrons. The highest BCUT2D eigenvalue weighted by molar-refractivity contribution is 6.17. The van der Waals surface area contributed by atoms with Crippen molar-refractivity contribution < 1.29 is 14.0 Å². The van der Waals surface area contributed by atoms with Gasteiger partial charge >= 0.3 is 0 Å². The van der Waals surface area contributed by atoms with Crippen molar-refractivity contribution in [3.63, 3.8) is 0 Å². The van der Waals surface area contributed by atoms with Crippen LogP contribution < -0.4 is 10.2 Å². The van der Waals surface area contributed by atoms with Gasteiger partial charge in [0.25, 0.3) is 5.91 Å². The van der Waals surface area contributed by atoms with Crippen molar-refractivity contribution in [3.05, 3.63) is 47.9 Å². The summed E-state index contributed by atoms with van der Waals surface area (Å²) in [6.45, 7) is 8.19. The Morgan fingerprint density at radius 1 is 1.25 bits per heavy atom. The first-order valence-corrected chi connectivity index (χ1v) is 11.4. The van der Waals surface area contributed by atoms with Gasteiger partial charge in [-0.1, -0.05) is 20.3 Å². The van der Waals surface area contributed by atoms with Crippen LogP contribution in [-0.4, -0.2) is 65.4 Å². The van der Waals surface area contributed by atoms with Gasteiger partial charge in [-0.05, 0) is 62.8 Å². The molecule has 0 radical (unpaired) electrons. The maximum Gasteiger partial charge on any atom is 0.257 e. The number of benzene rings is 1. The number of nitrogens with one attached hydrogen (secondary N) is 1. The highest BCUT2D eigenvalue weighted by Gasteiger charge is 2.33. The number of anilines is 3. The zero-order valence-electron chi connectivity index (χ0n) is 18.7. The third-order valence-corrected chi connectivity index (χ3v) is 6.39. The van der Waals surface area contributed by atoms with Crippen molar-refractivity contribution in [1.29, 1.82) is 0 Å². The standard InChI is InChI=1S/C24H30FN5O2/c1-3-28(4-2)15-18-8-5-6-13-29(18)16-22(31)30-21-14-17(25)10-11-19(21)24(32)27-20-9-7-12-26-23(20)30/h7,9-12,14,18H,3-6,8,13,15-16H2,1-2H3,(H,27,32). The van der Waals surface area contributed by atoms with Gasteiger partial charge in [-0.3, -0.25) is 19.4 Å². The number of piperidine rings is 1. The van der Waals surface area contributed by atoms with Crippen LogP contribution in [0.2, 0.25) is 0 Å². The number of halogens is 1. The van der Waals surface area contributed by atoms with Crippen molar-refractivity contribution in [2.75, 3.05) is 42.9 Å². The molecule has 7 nitrogen and oxygen atoms in total. The van der Waals surface area contributed by atoms with E-state index in [4.69, 9.17) is 0 Å². The smallest absolute Gasteiger partial charge is 0.257 e. The molecule has 1 aromatic carbocycles. The van der Waals surface area contributed by atoms with E-state index in [-0.39, 0.29) is 35.7 Å². The minimum Gasteiger partial charge on any atom is -0.319 e. The Morgan fingerprint density at radius 3 is 2.84 bits per heavy atom. The summed E-state index contributed by atoms with van der Waals surface area (Å²) in [4.78, 5) is 36.8. The number of carbonyl (C=O) groups excluding carboxylic acids is 2. The molecule has 1 unspecified atom stereocenters. The number of likely N-dealkylation sites (N-methyl/N-ethyl adjacent to an activating group) is 1. The number of hydrogen-bond acceptors (Lipinski definition) is 5. The summed E-state index contributed by atoms with van der Waals surface area (Å²) in [5.74, 6) is -0.805. The molecular weight excluding hydrogens is 409 g/mol. The Hall–Kier alpha value is -2.84. The maximum absolute atomic E-state index is 14.2. The summed E-state index contributed by atoms with van der Waals surface area (Å²) in [5, 5.41) is 2.80. The number of fused-ring (bicyclic) bond motifs is 2. The second kappa shape index (κ2) is 9.75. The van der Waals surface area contributed by atoms with Crippen molar-refractivity contribution in [3.8, 4) is 0 Å². The molecule has 1 saturated heterocycles. The predicted octanol–water partition coefficient (Wildman–Crippen LogP) is 3.65. The highest BCUT2D eigenvalue weighted by atomic mass is 19.1. The van der Waals surface area contributed by atoms with Crippen molar-refractivity contribution in [2.24, 2.45) is 0 Å². The van der Waals surface area contributed by atoms with E-state index < -0.39 is 5.82 Å². The molecule has 3 heterocycles. The van der Waals surface area contributed by atoms with Crippen LogP contribution in [0.3, 0.4) is 0 Å². The summed E-state index contributed by atoms with van der Waals surface area (Å²) >= 11 is 0. The quantitative estimate of drug-likeness (QED) is 0.744. The molecule has 8 heteroatoms. The zero-order valence-corrected chi connectivity index (χ0v) is 18.7. The van der Waals surface area contributed by atoms with Crippen LogP contribution in [0, 0.1) is 5.82 Å². The molecule has 2 aromatic rings. The number of pyridine rings is 1. The highest BCUT2D eigenvalue weighted by Crippen LogP contribution is 2.37. The van der Waals surface area contributed by atoms with E-state index in [0.717, 1.165) is 45.4 Å². The molecule has 0 saturated carbocycles. The van der Waals surface area contributed by atoms with E-state index in [9.17, 15) is 14.0 Å². The number of nitrogens with zero attached hydrogens (tertiary/aromatic N) is 4. The van der Waals surface area contributed by atoms with Crippen LogP contribution in [-0.2, 0) is 4.79 Å². The second-order valence-electron chi connectivity index (χ2n) is 8.33. The number of hydrogen-bond donors (Lipinski definition) is 1. The lowest BCUT2D eigenvalue weighted by Crippen LogP contribution is -2.50. The molecule has 2 aliphatic rings. The fourth-order valence-electron chi connectivity index (χ4n) is 4.61. The number of carbonyl (C=O) groups is 2. The van der Waals surface area contributed by atoms with Crippen molar-refractivity contribution in [2.45, 2.75) is 39.2 Å². The van der Waals surface area contributed by atoms with E-state index in [1.165, 1.54) is 23.1 Å². The normalized spacial score (nSPS) is 18.7. The lowest BCUT2D eigenvalue weighted by atomic mass is 10.0. The first-order chi connectivity index (χ1) is 15.5. The van der Waals surface area contributed by atoms with Crippen LogP contribution in [0.4, 0.5) is 21.6 Å². The lowest BCUT2D eigenvalue weighted by molar-refractivity contribution is -0.120. The minimum absolute atomic E-state index is 0.187. The van der Waals surface area contributed by atoms with Gasteiger partial charge in [0.1, 0.15) is 5.82 Å². The molecule has 1 fully saturated rings. The molecule has 4 rings (SSSR count).